The lowest BCUT2D eigenvalue weighted by Crippen LogP contribution is -2.39. The number of carbonyl (C=O) groups excluding carboxylic acids is 2. The van der Waals surface area contributed by atoms with Crippen molar-refractivity contribution in [1.82, 2.24) is 10.6 Å². The number of amides is 2. The van der Waals surface area contributed by atoms with E-state index in [0.717, 1.165) is 6.42 Å². The molecule has 0 heterocycles. The largest absolute Gasteiger partial charge is 0.354 e. The molecule has 2 N–H and O–H groups in total. The van der Waals surface area contributed by atoms with Crippen LogP contribution in [0.2, 0.25) is 0 Å². The molecule has 88 valence electrons. The predicted octanol–water partition coefficient (Wildman–Crippen LogP) is 1.06. The van der Waals surface area contributed by atoms with Crippen molar-refractivity contribution in [2.75, 3.05) is 13.1 Å². The van der Waals surface area contributed by atoms with Crippen LogP contribution in [0.3, 0.4) is 0 Å². The van der Waals surface area contributed by atoms with E-state index in [0.29, 0.717) is 19.5 Å². The van der Waals surface area contributed by atoms with E-state index in [-0.39, 0.29) is 17.2 Å². The summed E-state index contributed by atoms with van der Waals surface area (Å²) in [6.45, 7) is 8.53. The lowest BCUT2D eigenvalue weighted by molar-refractivity contribution is -0.128. The Morgan fingerprint density at radius 3 is 2.07 bits per heavy atom. The van der Waals surface area contributed by atoms with Gasteiger partial charge in [0.2, 0.25) is 11.8 Å². The fraction of sp³-hybridized carbons (Fsp3) is 0.818. The minimum Gasteiger partial charge on any atom is -0.354 e. The Kier molecular flexibility index (Phi) is 5.97. The molecule has 0 aliphatic carbocycles. The van der Waals surface area contributed by atoms with Crippen LogP contribution in [0.15, 0.2) is 0 Å². The van der Waals surface area contributed by atoms with Crippen molar-refractivity contribution in [3.63, 3.8) is 0 Å². The molecular formula is C11H22N2O2. The van der Waals surface area contributed by atoms with E-state index in [1.54, 1.807) is 0 Å². The third-order valence-corrected chi connectivity index (χ3v) is 1.89. The Labute approximate surface area is 91.8 Å². The Balaban J connectivity index is 3.55. The Hall–Kier alpha value is -1.06. The number of rotatable bonds is 5. The number of hydrogen-bond donors (Lipinski definition) is 2. The first-order valence-electron chi connectivity index (χ1n) is 5.43. The van der Waals surface area contributed by atoms with Gasteiger partial charge in [-0.1, -0.05) is 27.7 Å². The summed E-state index contributed by atoms with van der Waals surface area (Å²) >= 11 is 0. The van der Waals surface area contributed by atoms with Gasteiger partial charge in [0.15, 0.2) is 0 Å². The van der Waals surface area contributed by atoms with Crippen molar-refractivity contribution in [2.45, 2.75) is 40.5 Å². The van der Waals surface area contributed by atoms with Gasteiger partial charge in [0.25, 0.3) is 0 Å². The molecule has 0 bridgehead atoms. The van der Waals surface area contributed by atoms with Crippen LogP contribution in [0.5, 0.6) is 0 Å². The van der Waals surface area contributed by atoms with Gasteiger partial charge in [0.1, 0.15) is 0 Å². The van der Waals surface area contributed by atoms with Crippen LogP contribution < -0.4 is 10.6 Å². The molecule has 0 aliphatic heterocycles. The zero-order valence-corrected chi connectivity index (χ0v) is 10.1. The van der Waals surface area contributed by atoms with Gasteiger partial charge in [0, 0.05) is 24.9 Å². The van der Waals surface area contributed by atoms with Crippen LogP contribution in [0.25, 0.3) is 0 Å². The monoisotopic (exact) mass is 214 g/mol. The topological polar surface area (TPSA) is 58.2 Å². The van der Waals surface area contributed by atoms with Crippen LogP contribution >= 0.6 is 0 Å². The SMILES string of the molecule is CCCC(=O)NCCNC(=O)C(C)(C)C. The van der Waals surface area contributed by atoms with Crippen LogP contribution in [0.1, 0.15) is 40.5 Å². The summed E-state index contributed by atoms with van der Waals surface area (Å²) in [5.74, 6) is 0.0507. The average Bonchev–Trinajstić information content (AvgIpc) is 2.11. The maximum atomic E-state index is 11.4. The maximum absolute atomic E-state index is 11.4. The van der Waals surface area contributed by atoms with Crippen molar-refractivity contribution >= 4 is 11.8 Å². The van der Waals surface area contributed by atoms with E-state index in [4.69, 9.17) is 0 Å². The second-order valence-corrected chi connectivity index (χ2v) is 4.61. The lowest BCUT2D eigenvalue weighted by Gasteiger charge is -2.17. The second kappa shape index (κ2) is 6.43. The molecule has 0 unspecified atom stereocenters. The van der Waals surface area contributed by atoms with E-state index in [1.807, 2.05) is 27.7 Å². The molecule has 0 fully saturated rings. The highest BCUT2D eigenvalue weighted by molar-refractivity contribution is 5.81. The predicted molar refractivity (Wildman–Crippen MR) is 60.4 cm³/mol. The van der Waals surface area contributed by atoms with Gasteiger partial charge in [-0.3, -0.25) is 9.59 Å². The van der Waals surface area contributed by atoms with Crippen LogP contribution in [0, 0.1) is 5.41 Å². The van der Waals surface area contributed by atoms with Crippen LogP contribution in [-0.2, 0) is 9.59 Å². The van der Waals surface area contributed by atoms with Gasteiger partial charge in [-0.05, 0) is 6.42 Å². The van der Waals surface area contributed by atoms with Crippen molar-refractivity contribution in [3.8, 4) is 0 Å². The average molecular weight is 214 g/mol. The van der Waals surface area contributed by atoms with Gasteiger partial charge >= 0.3 is 0 Å². The lowest BCUT2D eigenvalue weighted by atomic mass is 9.96. The zero-order valence-electron chi connectivity index (χ0n) is 10.1. The molecule has 2 amide bonds. The summed E-state index contributed by atoms with van der Waals surface area (Å²) in [5, 5.41) is 5.50. The third kappa shape index (κ3) is 6.94. The smallest absolute Gasteiger partial charge is 0.225 e. The summed E-state index contributed by atoms with van der Waals surface area (Å²) in [7, 11) is 0. The van der Waals surface area contributed by atoms with E-state index < -0.39 is 0 Å². The molecule has 0 rings (SSSR count). The third-order valence-electron chi connectivity index (χ3n) is 1.89. The molecule has 0 aliphatic rings. The minimum absolute atomic E-state index is 0.00670. The molecule has 0 aromatic rings. The van der Waals surface area contributed by atoms with Crippen LogP contribution in [0.4, 0.5) is 0 Å². The van der Waals surface area contributed by atoms with E-state index in [1.165, 1.54) is 0 Å². The highest BCUT2D eigenvalue weighted by atomic mass is 16.2. The summed E-state index contributed by atoms with van der Waals surface area (Å²) in [6, 6.07) is 0. The molecule has 15 heavy (non-hydrogen) atoms. The summed E-state index contributed by atoms with van der Waals surface area (Å²) < 4.78 is 0. The Bertz CT molecular complexity index is 219. The van der Waals surface area contributed by atoms with Crippen molar-refractivity contribution in [1.29, 1.82) is 0 Å². The van der Waals surface area contributed by atoms with Crippen molar-refractivity contribution in [3.05, 3.63) is 0 Å². The summed E-state index contributed by atoms with van der Waals surface area (Å²) in [6.07, 6.45) is 1.40. The Morgan fingerprint density at radius 1 is 1.07 bits per heavy atom. The fourth-order valence-electron chi connectivity index (χ4n) is 0.959. The molecule has 0 aromatic carbocycles. The van der Waals surface area contributed by atoms with Gasteiger partial charge in [-0.2, -0.15) is 0 Å². The first kappa shape index (κ1) is 13.9. The molecule has 0 spiro atoms. The molecule has 0 atom stereocenters. The molecule has 4 heteroatoms. The standard InChI is InChI=1S/C11H22N2O2/c1-5-6-9(14)12-7-8-13-10(15)11(2,3)4/h5-8H2,1-4H3,(H,12,14)(H,13,15). The van der Waals surface area contributed by atoms with Gasteiger partial charge < -0.3 is 10.6 Å². The maximum Gasteiger partial charge on any atom is 0.225 e. The molecule has 0 aromatic heterocycles. The van der Waals surface area contributed by atoms with Crippen molar-refractivity contribution < 1.29 is 9.59 Å². The molecular weight excluding hydrogens is 192 g/mol. The van der Waals surface area contributed by atoms with Gasteiger partial charge in [-0.15, -0.1) is 0 Å². The first-order valence-corrected chi connectivity index (χ1v) is 5.43. The summed E-state index contributed by atoms with van der Waals surface area (Å²) in [4.78, 5) is 22.5. The quantitative estimate of drug-likeness (QED) is 0.672. The van der Waals surface area contributed by atoms with E-state index >= 15 is 0 Å². The van der Waals surface area contributed by atoms with Gasteiger partial charge in [0.05, 0.1) is 0 Å². The fourth-order valence-corrected chi connectivity index (χ4v) is 0.959. The zero-order chi connectivity index (χ0) is 11.9. The molecule has 0 radical (unpaired) electrons. The normalized spacial score (nSPS) is 10.9. The summed E-state index contributed by atoms with van der Waals surface area (Å²) in [5.41, 5.74) is -0.368. The van der Waals surface area contributed by atoms with E-state index in [9.17, 15) is 9.59 Å². The van der Waals surface area contributed by atoms with E-state index in [2.05, 4.69) is 10.6 Å². The molecule has 0 saturated heterocycles. The number of carbonyl (C=O) groups is 2. The number of hydrogen-bond acceptors (Lipinski definition) is 2. The van der Waals surface area contributed by atoms with Crippen LogP contribution in [-0.4, -0.2) is 24.9 Å². The highest BCUT2D eigenvalue weighted by Crippen LogP contribution is 2.11. The van der Waals surface area contributed by atoms with Crippen molar-refractivity contribution in [2.24, 2.45) is 5.41 Å². The Morgan fingerprint density at radius 2 is 1.60 bits per heavy atom. The minimum atomic E-state index is -0.368. The molecule has 0 saturated carbocycles. The van der Waals surface area contributed by atoms with Gasteiger partial charge in [-0.25, -0.2) is 0 Å². The second-order valence-electron chi connectivity index (χ2n) is 4.61. The first-order chi connectivity index (χ1) is 6.88. The molecule has 4 nitrogen and oxygen atoms in total. The number of nitrogens with one attached hydrogen (secondary N) is 2. The highest BCUT2D eigenvalue weighted by Gasteiger charge is 2.20.